The van der Waals surface area contributed by atoms with Crippen molar-refractivity contribution in [2.75, 3.05) is 0 Å². The summed E-state index contributed by atoms with van der Waals surface area (Å²) in [6.07, 6.45) is 0. The third-order valence-corrected chi connectivity index (χ3v) is 5.13. The van der Waals surface area contributed by atoms with E-state index in [4.69, 9.17) is 4.84 Å². The van der Waals surface area contributed by atoms with Gasteiger partial charge in [0.25, 0.3) is 0 Å². The summed E-state index contributed by atoms with van der Waals surface area (Å²) in [5.74, 6) is 0.863. The highest BCUT2D eigenvalue weighted by Gasteiger charge is 2.10. The first kappa shape index (κ1) is 11.2. The van der Waals surface area contributed by atoms with E-state index in [0.717, 1.165) is 10.2 Å². The third-order valence-electron chi connectivity index (χ3n) is 1.45. The Labute approximate surface area is 96.3 Å². The fourth-order valence-electron chi connectivity index (χ4n) is 0.863. The van der Waals surface area contributed by atoms with Gasteiger partial charge < -0.3 is 4.84 Å². The molecule has 1 aromatic carbocycles. The molecule has 1 heterocycles. The van der Waals surface area contributed by atoms with Gasteiger partial charge in [-0.1, -0.05) is 20.5 Å². The largest absolute Gasteiger partial charge is 0.397 e. The lowest BCUT2D eigenvalue weighted by Crippen LogP contribution is -2.19. The molecule has 1 aliphatic heterocycles. The van der Waals surface area contributed by atoms with Gasteiger partial charge in [-0.3, -0.25) is 9.72 Å². The highest BCUT2D eigenvalue weighted by Crippen LogP contribution is 2.37. The van der Waals surface area contributed by atoms with Crippen molar-refractivity contribution in [3.8, 4) is 5.75 Å². The lowest BCUT2D eigenvalue weighted by molar-refractivity contribution is 0.146. The fourth-order valence-corrected chi connectivity index (χ4v) is 4.73. The van der Waals surface area contributed by atoms with Crippen LogP contribution in [-0.2, 0) is 0 Å². The second-order valence-corrected chi connectivity index (χ2v) is 7.31. The van der Waals surface area contributed by atoms with Crippen molar-refractivity contribution < 1.29 is 4.84 Å². The second-order valence-electron chi connectivity index (χ2n) is 2.44. The molecular weight excluding hydrogens is 303 g/mol. The summed E-state index contributed by atoms with van der Waals surface area (Å²) in [5, 5.41) is 0. The predicted molar refractivity (Wildman–Crippen MR) is 67.8 cm³/mol. The molecule has 0 bridgehead atoms. The number of nitrogens with one attached hydrogen (secondary N) is 2. The molecule has 0 aliphatic carbocycles. The number of rotatable bonds is 2. The van der Waals surface area contributed by atoms with Crippen LogP contribution in [0.3, 0.4) is 0 Å². The zero-order valence-electron chi connectivity index (χ0n) is 7.04. The lowest BCUT2D eigenvalue weighted by Gasteiger charge is -2.26. The molecule has 1 fully saturated rings. The van der Waals surface area contributed by atoms with Crippen molar-refractivity contribution in [2.24, 2.45) is 0 Å². The maximum Gasteiger partial charge on any atom is 0.148 e. The molecule has 2 rings (SSSR count). The molecule has 0 amide bonds. The smallest absolute Gasteiger partial charge is 0.148 e. The highest BCUT2D eigenvalue weighted by molar-refractivity contribution is 9.10. The van der Waals surface area contributed by atoms with Crippen LogP contribution in [0.5, 0.6) is 5.75 Å². The molecule has 4 nitrogen and oxygen atoms in total. The molecule has 0 saturated carbocycles. The van der Waals surface area contributed by atoms with E-state index in [-0.39, 0.29) is 0 Å². The third kappa shape index (κ3) is 3.36. The molecule has 0 radical (unpaired) electrons. The van der Waals surface area contributed by atoms with Gasteiger partial charge in [0.15, 0.2) is 0 Å². The molecule has 0 aromatic heterocycles. The standard InChI is InChI=1S/C6H9BrN3OP3/c7-5-1-3-6(4-2-5)11-10-13-8-12-9-14-10/h1-4,8-9,12-14H. The Bertz CT molecular complexity index is 293. The van der Waals surface area contributed by atoms with Gasteiger partial charge in [-0.2, -0.15) is 0 Å². The van der Waals surface area contributed by atoms with Gasteiger partial charge in [0.2, 0.25) is 0 Å². The summed E-state index contributed by atoms with van der Waals surface area (Å²) in [7, 11) is 1.70. The molecule has 76 valence electrons. The van der Waals surface area contributed by atoms with Crippen LogP contribution >= 0.6 is 42.6 Å². The van der Waals surface area contributed by atoms with Crippen molar-refractivity contribution in [3.63, 3.8) is 0 Å². The quantitative estimate of drug-likeness (QED) is 0.824. The number of nitrogens with zero attached hydrogens (tertiary/aromatic N) is 1. The zero-order valence-corrected chi connectivity index (χ0v) is 11.6. The minimum absolute atomic E-state index is 0.527. The van der Waals surface area contributed by atoms with E-state index in [2.05, 4.69) is 25.6 Å². The van der Waals surface area contributed by atoms with Crippen LogP contribution in [-0.4, -0.2) is 4.60 Å². The van der Waals surface area contributed by atoms with E-state index in [9.17, 15) is 0 Å². The molecule has 2 N–H and O–H groups in total. The molecule has 0 spiro atoms. The van der Waals surface area contributed by atoms with Crippen LogP contribution in [0.1, 0.15) is 0 Å². The van der Waals surface area contributed by atoms with Crippen molar-refractivity contribution in [2.45, 2.75) is 0 Å². The summed E-state index contributed by atoms with van der Waals surface area (Å²) in [4.78, 5) is 12.0. The van der Waals surface area contributed by atoms with Crippen LogP contribution in [0.15, 0.2) is 28.7 Å². The van der Waals surface area contributed by atoms with Gasteiger partial charge in [-0.05, 0) is 24.3 Å². The molecule has 1 aromatic rings. The fraction of sp³-hybridized carbons (Fsp3) is 0. The molecule has 1 aliphatic rings. The minimum Gasteiger partial charge on any atom is -0.397 e. The zero-order chi connectivity index (χ0) is 9.80. The van der Waals surface area contributed by atoms with E-state index in [1.54, 1.807) is 0 Å². The number of hydrogen-bond acceptors (Lipinski definition) is 4. The van der Waals surface area contributed by atoms with Crippen LogP contribution in [0.4, 0.5) is 0 Å². The Morgan fingerprint density at radius 2 is 1.79 bits per heavy atom. The van der Waals surface area contributed by atoms with Gasteiger partial charge in [-0.25, -0.2) is 0 Å². The molecule has 2 atom stereocenters. The molecule has 8 heteroatoms. The molecule has 14 heavy (non-hydrogen) atoms. The Morgan fingerprint density at radius 3 is 2.43 bits per heavy atom. The maximum absolute atomic E-state index is 5.63. The van der Waals surface area contributed by atoms with Crippen LogP contribution in [0.25, 0.3) is 0 Å². The number of halogens is 1. The first-order valence-corrected chi connectivity index (χ1v) is 7.53. The Morgan fingerprint density at radius 1 is 1.14 bits per heavy atom. The van der Waals surface area contributed by atoms with Crippen molar-refractivity contribution in [1.82, 2.24) is 14.3 Å². The van der Waals surface area contributed by atoms with E-state index in [1.165, 1.54) is 0 Å². The first-order chi connectivity index (χ1) is 6.84. The van der Waals surface area contributed by atoms with Crippen LogP contribution in [0, 0.1) is 0 Å². The Balaban J connectivity index is 1.92. The van der Waals surface area contributed by atoms with E-state index in [1.807, 2.05) is 28.9 Å². The van der Waals surface area contributed by atoms with Crippen LogP contribution < -0.4 is 14.6 Å². The van der Waals surface area contributed by atoms with E-state index >= 15 is 0 Å². The average Bonchev–Trinajstić information content (AvgIpc) is 2.23. The van der Waals surface area contributed by atoms with Crippen molar-refractivity contribution in [3.05, 3.63) is 28.7 Å². The van der Waals surface area contributed by atoms with Gasteiger partial charge in [0.05, 0.1) is 17.8 Å². The van der Waals surface area contributed by atoms with Crippen molar-refractivity contribution in [1.29, 1.82) is 0 Å². The van der Waals surface area contributed by atoms with Gasteiger partial charge in [-0.15, -0.1) is 0 Å². The summed E-state index contributed by atoms with van der Waals surface area (Å²) in [5.41, 5.74) is 0. The normalized spacial score (nSPS) is 23.2. The topological polar surface area (TPSA) is 36.5 Å². The maximum atomic E-state index is 5.63. The Hall–Kier alpha value is 0.670. The van der Waals surface area contributed by atoms with E-state index < -0.39 is 0 Å². The summed E-state index contributed by atoms with van der Waals surface area (Å²) < 4.78 is 2.95. The van der Waals surface area contributed by atoms with Gasteiger partial charge in [0, 0.05) is 13.4 Å². The van der Waals surface area contributed by atoms with Gasteiger partial charge in [0.1, 0.15) is 5.75 Å². The molecular formula is C6H9BrN3OP3. The van der Waals surface area contributed by atoms with Crippen molar-refractivity contribution >= 4 is 42.6 Å². The highest BCUT2D eigenvalue weighted by atomic mass is 79.9. The van der Waals surface area contributed by atoms with E-state index in [0.29, 0.717) is 26.6 Å². The first-order valence-electron chi connectivity index (χ1n) is 3.84. The SMILES string of the molecule is Brc1ccc(ON2PNPNP2)cc1. The Kier molecular flexibility index (Phi) is 4.52. The van der Waals surface area contributed by atoms with Gasteiger partial charge >= 0.3 is 0 Å². The number of hydrogen-bond donors (Lipinski definition) is 2. The second kappa shape index (κ2) is 5.67. The average molecular weight is 312 g/mol. The molecule has 1 saturated heterocycles. The summed E-state index contributed by atoms with van der Waals surface area (Å²) in [6, 6.07) is 7.81. The lowest BCUT2D eigenvalue weighted by atomic mass is 10.3. The summed E-state index contributed by atoms with van der Waals surface area (Å²) >= 11 is 3.38. The minimum atomic E-state index is 0.527. The van der Waals surface area contributed by atoms with Crippen LogP contribution in [0.2, 0.25) is 0 Å². The molecule has 2 unspecified atom stereocenters. The predicted octanol–water partition coefficient (Wildman–Crippen LogP) is 2.76. The summed E-state index contributed by atoms with van der Waals surface area (Å²) in [6.45, 7) is 0. The monoisotopic (exact) mass is 311 g/mol. The number of benzene rings is 1.